The summed E-state index contributed by atoms with van der Waals surface area (Å²) >= 11 is 0. The molecule has 1 aliphatic rings. The number of nitrogens with two attached hydrogens (primary N) is 1. The lowest BCUT2D eigenvalue weighted by molar-refractivity contribution is -0.136. The third-order valence-electron chi connectivity index (χ3n) is 3.48. The van der Waals surface area contributed by atoms with E-state index in [1.54, 1.807) is 0 Å². The van der Waals surface area contributed by atoms with E-state index in [2.05, 4.69) is 12.2 Å². The first-order chi connectivity index (χ1) is 8.08. The van der Waals surface area contributed by atoms with E-state index in [0.717, 1.165) is 25.8 Å². The molecule has 3 N–H and O–H groups in total. The van der Waals surface area contributed by atoms with Crippen LogP contribution < -0.4 is 11.1 Å². The fraction of sp³-hybridized carbons (Fsp3) is 0.833. The molecule has 0 aromatic carbocycles. The van der Waals surface area contributed by atoms with Gasteiger partial charge < -0.3 is 16.0 Å². The van der Waals surface area contributed by atoms with Crippen LogP contribution in [0.25, 0.3) is 0 Å². The van der Waals surface area contributed by atoms with Crippen molar-refractivity contribution < 1.29 is 9.59 Å². The molecule has 98 valence electrons. The Morgan fingerprint density at radius 2 is 2.18 bits per heavy atom. The van der Waals surface area contributed by atoms with Crippen LogP contribution in [-0.2, 0) is 9.59 Å². The van der Waals surface area contributed by atoms with Crippen molar-refractivity contribution in [3.05, 3.63) is 0 Å². The molecule has 1 saturated heterocycles. The van der Waals surface area contributed by atoms with E-state index < -0.39 is 0 Å². The zero-order valence-corrected chi connectivity index (χ0v) is 10.7. The lowest BCUT2D eigenvalue weighted by Crippen LogP contribution is -2.52. The third kappa shape index (κ3) is 4.00. The van der Waals surface area contributed by atoms with E-state index in [1.807, 2.05) is 4.90 Å². The average molecular weight is 241 g/mol. The molecule has 2 atom stereocenters. The summed E-state index contributed by atoms with van der Waals surface area (Å²) in [5, 5.41) is 2.54. The maximum Gasteiger partial charge on any atom is 0.242 e. The number of nitrogens with one attached hydrogen (secondary N) is 1. The van der Waals surface area contributed by atoms with Crippen LogP contribution in [0.15, 0.2) is 0 Å². The molecule has 0 aromatic rings. The van der Waals surface area contributed by atoms with Crippen molar-refractivity contribution in [3.8, 4) is 0 Å². The minimum atomic E-state index is -0.175. The van der Waals surface area contributed by atoms with Crippen molar-refractivity contribution >= 4 is 11.8 Å². The Kier molecular flexibility index (Phi) is 5.41. The summed E-state index contributed by atoms with van der Waals surface area (Å²) in [4.78, 5) is 24.5. The van der Waals surface area contributed by atoms with Gasteiger partial charge in [-0.25, -0.2) is 0 Å². The Morgan fingerprint density at radius 1 is 1.47 bits per heavy atom. The zero-order valence-electron chi connectivity index (χ0n) is 10.7. The molecule has 0 radical (unpaired) electrons. The van der Waals surface area contributed by atoms with Gasteiger partial charge >= 0.3 is 0 Å². The Hall–Kier alpha value is -1.10. The lowest BCUT2D eigenvalue weighted by Gasteiger charge is -2.38. The Labute approximate surface area is 103 Å². The largest absolute Gasteiger partial charge is 0.347 e. The van der Waals surface area contributed by atoms with E-state index in [0.29, 0.717) is 12.5 Å². The van der Waals surface area contributed by atoms with Crippen molar-refractivity contribution in [2.24, 2.45) is 11.7 Å². The molecule has 5 heteroatoms. The quantitative estimate of drug-likeness (QED) is 0.733. The van der Waals surface area contributed by atoms with Crippen molar-refractivity contribution in [1.82, 2.24) is 10.2 Å². The van der Waals surface area contributed by atoms with Gasteiger partial charge in [0.2, 0.25) is 11.8 Å². The summed E-state index contributed by atoms with van der Waals surface area (Å²) in [7, 11) is 0. The second-order valence-corrected chi connectivity index (χ2v) is 4.69. The van der Waals surface area contributed by atoms with Crippen LogP contribution >= 0.6 is 0 Å². The van der Waals surface area contributed by atoms with Crippen molar-refractivity contribution in [2.45, 2.75) is 39.2 Å². The van der Waals surface area contributed by atoms with Crippen molar-refractivity contribution in [2.75, 3.05) is 19.6 Å². The van der Waals surface area contributed by atoms with Gasteiger partial charge in [-0.1, -0.05) is 13.3 Å². The minimum Gasteiger partial charge on any atom is -0.347 e. The molecule has 2 amide bonds. The van der Waals surface area contributed by atoms with E-state index in [4.69, 9.17) is 5.73 Å². The van der Waals surface area contributed by atoms with E-state index in [1.165, 1.54) is 6.92 Å². The minimum absolute atomic E-state index is 0.0230. The Bertz CT molecular complexity index is 281. The number of carbonyl (C=O) groups is 2. The first kappa shape index (κ1) is 14.0. The maximum atomic E-state index is 11.9. The fourth-order valence-corrected chi connectivity index (χ4v) is 2.36. The molecule has 0 bridgehead atoms. The number of amides is 2. The summed E-state index contributed by atoms with van der Waals surface area (Å²) in [5.41, 5.74) is 5.72. The summed E-state index contributed by atoms with van der Waals surface area (Å²) < 4.78 is 0. The van der Waals surface area contributed by atoms with Crippen LogP contribution in [0, 0.1) is 5.92 Å². The molecule has 2 unspecified atom stereocenters. The maximum absolute atomic E-state index is 11.9. The molecule has 0 spiro atoms. The molecule has 1 aliphatic heterocycles. The predicted molar refractivity (Wildman–Crippen MR) is 66.3 cm³/mol. The van der Waals surface area contributed by atoms with E-state index in [-0.39, 0.29) is 24.4 Å². The van der Waals surface area contributed by atoms with Gasteiger partial charge in [0.05, 0.1) is 6.54 Å². The Balaban J connectivity index is 2.51. The van der Waals surface area contributed by atoms with Crippen molar-refractivity contribution in [3.63, 3.8) is 0 Å². The lowest BCUT2D eigenvalue weighted by atomic mass is 9.89. The van der Waals surface area contributed by atoms with Crippen LogP contribution in [0.1, 0.15) is 33.1 Å². The highest BCUT2D eigenvalue weighted by Crippen LogP contribution is 2.24. The van der Waals surface area contributed by atoms with Gasteiger partial charge in [-0.3, -0.25) is 9.59 Å². The number of nitrogens with zero attached hydrogens (tertiary/aromatic N) is 1. The number of hydrogen-bond acceptors (Lipinski definition) is 3. The summed E-state index contributed by atoms with van der Waals surface area (Å²) in [6, 6.07) is 0.134. The first-order valence-electron chi connectivity index (χ1n) is 6.32. The highest BCUT2D eigenvalue weighted by Gasteiger charge is 2.29. The number of piperidine rings is 1. The van der Waals surface area contributed by atoms with Crippen LogP contribution in [-0.4, -0.2) is 42.4 Å². The second-order valence-electron chi connectivity index (χ2n) is 4.69. The second kappa shape index (κ2) is 6.59. The average Bonchev–Trinajstić information content (AvgIpc) is 2.34. The number of rotatable bonds is 4. The SMILES string of the molecule is CCC1CCN(C(=O)CNC(C)=O)C(CN)C1. The van der Waals surface area contributed by atoms with E-state index >= 15 is 0 Å². The molecule has 1 rings (SSSR count). The van der Waals surface area contributed by atoms with Gasteiger partial charge in [-0.05, 0) is 18.8 Å². The number of carbonyl (C=O) groups excluding carboxylic acids is 2. The highest BCUT2D eigenvalue weighted by molar-refractivity contribution is 5.83. The molecule has 0 aromatic heterocycles. The molecular formula is C12H23N3O2. The smallest absolute Gasteiger partial charge is 0.242 e. The zero-order chi connectivity index (χ0) is 12.8. The predicted octanol–water partition coefficient (Wildman–Crippen LogP) is 0.0984. The molecule has 0 saturated carbocycles. The van der Waals surface area contributed by atoms with Gasteiger partial charge in [-0.2, -0.15) is 0 Å². The summed E-state index contributed by atoms with van der Waals surface area (Å²) in [6.07, 6.45) is 3.17. The molecule has 17 heavy (non-hydrogen) atoms. The molecule has 1 heterocycles. The number of likely N-dealkylation sites (tertiary alicyclic amines) is 1. The molecular weight excluding hydrogens is 218 g/mol. The van der Waals surface area contributed by atoms with Crippen LogP contribution in [0.4, 0.5) is 0 Å². The molecule has 5 nitrogen and oxygen atoms in total. The summed E-state index contributed by atoms with van der Waals surface area (Å²) in [5.74, 6) is 0.477. The molecule has 0 aliphatic carbocycles. The van der Waals surface area contributed by atoms with Gasteiger partial charge in [0.15, 0.2) is 0 Å². The van der Waals surface area contributed by atoms with Gasteiger partial charge in [0, 0.05) is 26.1 Å². The van der Waals surface area contributed by atoms with E-state index in [9.17, 15) is 9.59 Å². The normalized spacial score (nSPS) is 24.5. The third-order valence-corrected chi connectivity index (χ3v) is 3.48. The van der Waals surface area contributed by atoms with Crippen molar-refractivity contribution in [1.29, 1.82) is 0 Å². The van der Waals surface area contributed by atoms with Crippen LogP contribution in [0.2, 0.25) is 0 Å². The highest BCUT2D eigenvalue weighted by atomic mass is 16.2. The first-order valence-corrected chi connectivity index (χ1v) is 6.32. The Morgan fingerprint density at radius 3 is 2.71 bits per heavy atom. The van der Waals surface area contributed by atoms with Gasteiger partial charge in [0.1, 0.15) is 0 Å². The number of hydrogen-bond donors (Lipinski definition) is 2. The van der Waals surface area contributed by atoms with Crippen LogP contribution in [0.5, 0.6) is 0 Å². The van der Waals surface area contributed by atoms with Gasteiger partial charge in [-0.15, -0.1) is 0 Å². The monoisotopic (exact) mass is 241 g/mol. The topological polar surface area (TPSA) is 75.4 Å². The van der Waals surface area contributed by atoms with Crippen LogP contribution in [0.3, 0.4) is 0 Å². The fourth-order valence-electron chi connectivity index (χ4n) is 2.36. The van der Waals surface area contributed by atoms with Gasteiger partial charge in [0.25, 0.3) is 0 Å². The molecule has 1 fully saturated rings. The standard InChI is InChI=1S/C12H23N3O2/c1-3-10-4-5-15(11(6-10)7-13)12(17)8-14-9(2)16/h10-11H,3-8,13H2,1-2H3,(H,14,16). The summed E-state index contributed by atoms with van der Waals surface area (Å²) in [6.45, 7) is 4.94.